The Morgan fingerprint density at radius 2 is 1.38 bits per heavy atom. The monoisotopic (exact) mass is 491 g/mol. The molecule has 37 heavy (non-hydrogen) atoms. The largest absolute Gasteiger partial charge is 0.456 e. The molecule has 9 rings (SSSR count). The molecule has 0 saturated heterocycles. The molecular weight excluding hydrogens is 474 g/mol. The standard InChI is InChI=1S/C32H17N3OS/c1-4-12-22-18(8-1)28-23(16-17-27-29(28)20-10-3-6-15-26(20)37-27)35(22)32-33-21-11-7-14-25-30(21)31(34-32)19-9-2-5-13-24(19)36-25/h1-17H. The molecule has 0 unspecified atom stereocenters. The predicted octanol–water partition coefficient (Wildman–Crippen LogP) is 8.87. The molecule has 0 spiro atoms. The van der Waals surface area contributed by atoms with Crippen molar-refractivity contribution in [3.05, 3.63) is 103 Å². The van der Waals surface area contributed by atoms with Gasteiger partial charge in [-0.1, -0.05) is 54.6 Å². The SMILES string of the molecule is c1ccc2c(c1)Oc1cccc3nc(-n4c5ccccc5c5c6c(ccc54)sc4ccccc46)nc-2c13. The molecule has 4 nitrogen and oxygen atoms in total. The summed E-state index contributed by atoms with van der Waals surface area (Å²) >= 11 is 1.85. The predicted molar refractivity (Wildman–Crippen MR) is 152 cm³/mol. The summed E-state index contributed by atoms with van der Waals surface area (Å²) in [4.78, 5) is 10.3. The van der Waals surface area contributed by atoms with Crippen molar-refractivity contribution in [3.8, 4) is 28.7 Å². The van der Waals surface area contributed by atoms with E-state index in [2.05, 4.69) is 71.3 Å². The number of hydrogen-bond acceptors (Lipinski definition) is 4. The minimum Gasteiger partial charge on any atom is -0.456 e. The van der Waals surface area contributed by atoms with Crippen LogP contribution in [-0.4, -0.2) is 14.5 Å². The van der Waals surface area contributed by atoms with E-state index in [1.54, 1.807) is 0 Å². The molecule has 8 aromatic rings. The lowest BCUT2D eigenvalue weighted by molar-refractivity contribution is 0.486. The van der Waals surface area contributed by atoms with E-state index >= 15 is 0 Å². The van der Waals surface area contributed by atoms with E-state index in [4.69, 9.17) is 14.7 Å². The van der Waals surface area contributed by atoms with Crippen LogP contribution in [0.2, 0.25) is 0 Å². The highest BCUT2D eigenvalue weighted by molar-refractivity contribution is 7.26. The van der Waals surface area contributed by atoms with Gasteiger partial charge in [-0.15, -0.1) is 11.3 Å². The molecule has 0 saturated carbocycles. The van der Waals surface area contributed by atoms with Crippen molar-refractivity contribution >= 4 is 64.2 Å². The fraction of sp³-hybridized carbons (Fsp3) is 0. The number of rotatable bonds is 1. The minimum absolute atomic E-state index is 0.668. The van der Waals surface area contributed by atoms with E-state index in [1.165, 1.54) is 30.9 Å². The van der Waals surface area contributed by atoms with E-state index < -0.39 is 0 Å². The van der Waals surface area contributed by atoms with Gasteiger partial charge in [-0.3, -0.25) is 4.57 Å². The van der Waals surface area contributed by atoms with E-state index in [0.29, 0.717) is 5.95 Å². The summed E-state index contributed by atoms with van der Waals surface area (Å²) in [5.41, 5.74) is 4.98. The molecule has 0 radical (unpaired) electrons. The first kappa shape index (κ1) is 19.4. The second-order valence-corrected chi connectivity index (χ2v) is 10.5. The highest BCUT2D eigenvalue weighted by Crippen LogP contribution is 2.46. The first-order valence-electron chi connectivity index (χ1n) is 12.3. The van der Waals surface area contributed by atoms with Crippen molar-refractivity contribution in [2.24, 2.45) is 0 Å². The first-order chi connectivity index (χ1) is 18.3. The Kier molecular flexibility index (Phi) is 3.64. The number of para-hydroxylation sites is 2. The molecule has 1 aliphatic heterocycles. The second kappa shape index (κ2) is 6.93. The average Bonchev–Trinajstić information content (AvgIpc) is 3.48. The van der Waals surface area contributed by atoms with Crippen LogP contribution in [0.25, 0.3) is 70.1 Å². The normalized spacial score (nSPS) is 12.5. The molecule has 0 fully saturated rings. The Balaban J connectivity index is 1.46. The third-order valence-electron chi connectivity index (χ3n) is 7.41. The van der Waals surface area contributed by atoms with Gasteiger partial charge in [-0.05, 0) is 48.5 Å². The lowest BCUT2D eigenvalue weighted by atomic mass is 10.0. The molecule has 0 bridgehead atoms. The zero-order chi connectivity index (χ0) is 24.1. The summed E-state index contributed by atoms with van der Waals surface area (Å²) in [6, 6.07) is 35.9. The second-order valence-electron chi connectivity index (χ2n) is 9.40. The van der Waals surface area contributed by atoms with Crippen LogP contribution in [0.15, 0.2) is 103 Å². The maximum Gasteiger partial charge on any atom is 0.235 e. The number of thiophene rings is 1. The van der Waals surface area contributed by atoms with Gasteiger partial charge < -0.3 is 4.74 Å². The van der Waals surface area contributed by atoms with Crippen molar-refractivity contribution < 1.29 is 4.74 Å². The van der Waals surface area contributed by atoms with Crippen LogP contribution < -0.4 is 4.74 Å². The van der Waals surface area contributed by atoms with Crippen molar-refractivity contribution in [2.45, 2.75) is 0 Å². The van der Waals surface area contributed by atoms with Gasteiger partial charge in [0.25, 0.3) is 0 Å². The zero-order valence-corrected chi connectivity index (χ0v) is 20.3. The Morgan fingerprint density at radius 3 is 2.35 bits per heavy atom. The number of hydrogen-bond donors (Lipinski definition) is 0. The molecule has 4 heterocycles. The molecule has 0 amide bonds. The summed E-state index contributed by atoms with van der Waals surface area (Å²) in [5, 5.41) is 6.01. The maximum atomic E-state index is 6.22. The number of benzene rings is 5. The topological polar surface area (TPSA) is 39.9 Å². The molecule has 5 heteroatoms. The van der Waals surface area contributed by atoms with Crippen molar-refractivity contribution in [1.29, 1.82) is 0 Å². The summed E-state index contributed by atoms with van der Waals surface area (Å²) in [6.45, 7) is 0. The summed E-state index contributed by atoms with van der Waals surface area (Å²) < 4.78 is 11.0. The maximum absolute atomic E-state index is 6.22. The van der Waals surface area contributed by atoms with Gasteiger partial charge in [0.15, 0.2) is 0 Å². The Hall–Kier alpha value is -4.74. The fourth-order valence-electron chi connectivity index (χ4n) is 5.88. The van der Waals surface area contributed by atoms with E-state index in [9.17, 15) is 0 Å². The lowest BCUT2D eigenvalue weighted by Crippen LogP contribution is -2.06. The van der Waals surface area contributed by atoms with E-state index in [-0.39, 0.29) is 0 Å². The Labute approximate surface area is 215 Å². The Morgan fingerprint density at radius 1 is 0.568 bits per heavy atom. The van der Waals surface area contributed by atoms with Crippen LogP contribution in [0.5, 0.6) is 11.5 Å². The van der Waals surface area contributed by atoms with Crippen LogP contribution in [0.1, 0.15) is 0 Å². The molecule has 5 aromatic carbocycles. The van der Waals surface area contributed by atoms with Gasteiger partial charge in [0.2, 0.25) is 5.95 Å². The van der Waals surface area contributed by atoms with Crippen LogP contribution in [0, 0.1) is 0 Å². The quantitative estimate of drug-likeness (QED) is 0.230. The highest BCUT2D eigenvalue weighted by atomic mass is 32.1. The number of ether oxygens (including phenoxy) is 1. The van der Waals surface area contributed by atoms with Gasteiger partial charge in [-0.25, -0.2) is 9.97 Å². The van der Waals surface area contributed by atoms with Crippen molar-refractivity contribution in [3.63, 3.8) is 0 Å². The average molecular weight is 492 g/mol. The van der Waals surface area contributed by atoms with E-state index in [1.807, 2.05) is 47.7 Å². The zero-order valence-electron chi connectivity index (χ0n) is 19.5. The smallest absolute Gasteiger partial charge is 0.235 e. The van der Waals surface area contributed by atoms with E-state index in [0.717, 1.165) is 44.7 Å². The van der Waals surface area contributed by atoms with Gasteiger partial charge in [0.1, 0.15) is 11.5 Å². The first-order valence-corrected chi connectivity index (χ1v) is 13.1. The van der Waals surface area contributed by atoms with Crippen LogP contribution in [-0.2, 0) is 0 Å². The molecule has 0 atom stereocenters. The van der Waals surface area contributed by atoms with Crippen LogP contribution in [0.4, 0.5) is 0 Å². The van der Waals surface area contributed by atoms with Gasteiger partial charge in [-0.2, -0.15) is 0 Å². The summed E-state index contributed by atoms with van der Waals surface area (Å²) in [6.07, 6.45) is 0. The third-order valence-corrected chi connectivity index (χ3v) is 8.55. The van der Waals surface area contributed by atoms with Gasteiger partial charge >= 0.3 is 0 Å². The van der Waals surface area contributed by atoms with Gasteiger partial charge in [0, 0.05) is 36.5 Å². The molecule has 1 aliphatic rings. The number of nitrogens with zero attached hydrogens (tertiary/aromatic N) is 3. The minimum atomic E-state index is 0.668. The molecular formula is C32H17N3OS. The summed E-state index contributed by atoms with van der Waals surface area (Å²) in [5.74, 6) is 2.29. The number of aromatic nitrogens is 3. The summed E-state index contributed by atoms with van der Waals surface area (Å²) in [7, 11) is 0. The van der Waals surface area contributed by atoms with Crippen LogP contribution >= 0.6 is 11.3 Å². The van der Waals surface area contributed by atoms with Crippen LogP contribution in [0.3, 0.4) is 0 Å². The highest BCUT2D eigenvalue weighted by Gasteiger charge is 2.25. The Bertz CT molecular complexity index is 2240. The van der Waals surface area contributed by atoms with Crippen molar-refractivity contribution in [2.75, 3.05) is 0 Å². The lowest BCUT2D eigenvalue weighted by Gasteiger charge is -2.20. The number of fused-ring (bicyclic) bond motifs is 9. The van der Waals surface area contributed by atoms with Gasteiger partial charge in [0.05, 0.1) is 27.6 Å². The fourth-order valence-corrected chi connectivity index (χ4v) is 6.99. The molecule has 172 valence electrons. The third kappa shape index (κ3) is 2.51. The molecule has 3 aromatic heterocycles. The molecule has 0 N–H and O–H groups in total. The molecule has 0 aliphatic carbocycles. The van der Waals surface area contributed by atoms with Crippen molar-refractivity contribution in [1.82, 2.24) is 14.5 Å².